The Bertz CT molecular complexity index is 1560. The molecule has 0 aromatic carbocycles. The average molecular weight is 1160 g/mol. The number of amides is 1. The summed E-state index contributed by atoms with van der Waals surface area (Å²) in [6, 6.07) is -0.840. The third kappa shape index (κ3) is 37.5. The van der Waals surface area contributed by atoms with Crippen molar-refractivity contribution in [1.29, 1.82) is 0 Å². The van der Waals surface area contributed by atoms with E-state index in [0.29, 0.717) is 12.8 Å². The van der Waals surface area contributed by atoms with Gasteiger partial charge in [0.15, 0.2) is 12.6 Å². The molecule has 2 aliphatic rings. The maximum atomic E-state index is 13.3. The van der Waals surface area contributed by atoms with Gasteiger partial charge in [-0.15, -0.1) is 0 Å². The van der Waals surface area contributed by atoms with Crippen LogP contribution in [0.5, 0.6) is 0 Å². The van der Waals surface area contributed by atoms with E-state index in [0.717, 1.165) is 89.9 Å². The van der Waals surface area contributed by atoms with Crippen LogP contribution in [0, 0.1) is 0 Å². The van der Waals surface area contributed by atoms with E-state index in [1.54, 1.807) is 0 Å². The number of allylic oxidation sites excluding steroid dienone is 8. The summed E-state index contributed by atoms with van der Waals surface area (Å²) in [5, 5.41) is 87.5. The van der Waals surface area contributed by atoms with E-state index in [9.17, 15) is 45.6 Å². The molecule has 2 rings (SSSR count). The van der Waals surface area contributed by atoms with Gasteiger partial charge in [0.05, 0.1) is 32.0 Å². The van der Waals surface area contributed by atoms with Gasteiger partial charge < -0.3 is 65.1 Å². The lowest BCUT2D eigenvalue weighted by Gasteiger charge is -2.46. The highest BCUT2D eigenvalue weighted by Gasteiger charge is 2.51. The van der Waals surface area contributed by atoms with Gasteiger partial charge in [0.1, 0.15) is 48.8 Å². The van der Waals surface area contributed by atoms with Crippen molar-refractivity contribution in [3.05, 3.63) is 48.6 Å². The van der Waals surface area contributed by atoms with E-state index in [-0.39, 0.29) is 18.9 Å². The number of aliphatic hydroxyl groups is 8. The third-order valence-electron chi connectivity index (χ3n) is 16.6. The normalized spacial score (nSPS) is 24.2. The van der Waals surface area contributed by atoms with Crippen molar-refractivity contribution in [2.75, 3.05) is 19.8 Å². The molecule has 0 bridgehead atoms. The lowest BCUT2D eigenvalue weighted by atomic mass is 9.97. The minimum atomic E-state index is -1.79. The van der Waals surface area contributed by atoms with Crippen LogP contribution in [0.15, 0.2) is 48.6 Å². The van der Waals surface area contributed by atoms with E-state index in [1.165, 1.54) is 161 Å². The zero-order valence-electron chi connectivity index (χ0n) is 52.0. The number of carbonyl (C=O) groups excluding carboxylic acids is 1. The van der Waals surface area contributed by atoms with E-state index < -0.39 is 86.8 Å². The maximum Gasteiger partial charge on any atom is 0.220 e. The summed E-state index contributed by atoms with van der Waals surface area (Å²) in [5.41, 5.74) is 0. The number of hydrogen-bond donors (Lipinski definition) is 9. The van der Waals surface area contributed by atoms with Crippen LogP contribution in [0.25, 0.3) is 0 Å². The molecule has 2 heterocycles. The maximum absolute atomic E-state index is 13.3. The molecule has 14 heteroatoms. The number of unbranched alkanes of at least 4 members (excludes halogenated alkanes) is 34. The number of ether oxygens (including phenoxy) is 4. The van der Waals surface area contributed by atoms with Gasteiger partial charge in [-0.2, -0.15) is 0 Å². The summed E-state index contributed by atoms with van der Waals surface area (Å²) in [6.07, 6.45) is 51.2. The van der Waals surface area contributed by atoms with Gasteiger partial charge in [-0.1, -0.05) is 274 Å². The van der Waals surface area contributed by atoms with Crippen molar-refractivity contribution in [1.82, 2.24) is 5.32 Å². The minimum Gasteiger partial charge on any atom is -0.394 e. The quantitative estimate of drug-likeness (QED) is 0.0204. The summed E-state index contributed by atoms with van der Waals surface area (Å²) in [4.78, 5) is 13.3. The lowest BCUT2D eigenvalue weighted by molar-refractivity contribution is -0.359. The molecule has 14 nitrogen and oxygen atoms in total. The summed E-state index contributed by atoms with van der Waals surface area (Å²) < 4.78 is 22.9. The smallest absolute Gasteiger partial charge is 0.220 e. The van der Waals surface area contributed by atoms with E-state index >= 15 is 0 Å². The molecule has 9 N–H and O–H groups in total. The molecule has 0 aliphatic carbocycles. The molecule has 0 spiro atoms. The second-order valence-corrected chi connectivity index (χ2v) is 23.9. The van der Waals surface area contributed by atoms with Gasteiger partial charge in [0, 0.05) is 6.42 Å². The van der Waals surface area contributed by atoms with Crippen LogP contribution >= 0.6 is 0 Å². The third-order valence-corrected chi connectivity index (χ3v) is 16.6. The van der Waals surface area contributed by atoms with Crippen LogP contribution in [0.1, 0.15) is 284 Å². The molecule has 0 saturated carbocycles. The Morgan fingerprint density at radius 2 is 0.841 bits per heavy atom. The Hall–Kier alpha value is -2.05. The Morgan fingerprint density at radius 1 is 0.451 bits per heavy atom. The Labute approximate surface area is 499 Å². The summed E-state index contributed by atoms with van der Waals surface area (Å²) in [6.45, 7) is 2.77. The molecule has 2 fully saturated rings. The molecular formula is C68H125NO13. The number of rotatable bonds is 55. The predicted molar refractivity (Wildman–Crippen MR) is 332 cm³/mol. The van der Waals surface area contributed by atoms with Crippen LogP contribution in [0.3, 0.4) is 0 Å². The highest BCUT2D eigenvalue weighted by molar-refractivity contribution is 5.76. The Balaban J connectivity index is 1.68. The molecule has 480 valence electrons. The Morgan fingerprint density at radius 3 is 1.29 bits per heavy atom. The number of nitrogens with one attached hydrogen (secondary N) is 1. The van der Waals surface area contributed by atoms with Gasteiger partial charge in [0.25, 0.3) is 0 Å². The molecule has 0 aromatic rings. The number of hydrogen-bond acceptors (Lipinski definition) is 13. The van der Waals surface area contributed by atoms with E-state index in [2.05, 4.69) is 67.8 Å². The van der Waals surface area contributed by atoms with Gasteiger partial charge in [-0.05, 0) is 51.4 Å². The molecule has 0 aromatic heterocycles. The van der Waals surface area contributed by atoms with E-state index in [1.807, 2.05) is 0 Å². The molecule has 12 atom stereocenters. The van der Waals surface area contributed by atoms with Crippen LogP contribution in [-0.4, -0.2) is 140 Å². The fourth-order valence-corrected chi connectivity index (χ4v) is 11.2. The SMILES string of the molecule is CC/C=C\C/C=C\C/C=C\C/C=C\CCCCCCCCC(=O)NC(COC1OC(CO)C(OC2OC(CO)C(O)C(O)C2O)C(O)C1O)C(O)CCCCCCCCCCCCCCCCCCCCCCCCCCCCCCC. The standard InChI is InChI=1S/C68H125NO13/c1-3-5-7-9-11-13-15-17-19-21-23-24-25-26-27-28-29-30-31-32-34-35-37-39-41-43-45-47-49-51-57(72)56(69-60(73)52-50-48-46-44-42-40-38-36-33-22-20-18-16-14-12-10-8-6-4-2)55-79-67-65(78)63(76)66(59(54-71)81-67)82-68-64(77)62(75)61(74)58(53-70)80-68/h6,8,12,14,18,20,33,36,56-59,61-68,70-72,74-78H,3-5,7,9-11,13,15-17,19,21-32,34-35,37-55H2,1-2H3,(H,69,73)/b8-6-,14-12-,20-18-,36-33-. The number of aliphatic hydroxyl groups excluding tert-OH is 8. The minimum absolute atomic E-state index is 0.219. The molecule has 12 unspecified atom stereocenters. The van der Waals surface area contributed by atoms with Crippen molar-refractivity contribution < 1.29 is 64.6 Å². The van der Waals surface area contributed by atoms with Gasteiger partial charge in [0.2, 0.25) is 5.91 Å². The molecule has 2 saturated heterocycles. The van der Waals surface area contributed by atoms with Crippen molar-refractivity contribution in [2.24, 2.45) is 0 Å². The summed E-state index contributed by atoms with van der Waals surface area (Å²) >= 11 is 0. The fraction of sp³-hybridized carbons (Fsp3) is 0.868. The second-order valence-electron chi connectivity index (χ2n) is 23.9. The monoisotopic (exact) mass is 1160 g/mol. The zero-order chi connectivity index (χ0) is 59.5. The molecule has 82 heavy (non-hydrogen) atoms. The fourth-order valence-electron chi connectivity index (χ4n) is 11.2. The summed E-state index contributed by atoms with van der Waals surface area (Å²) in [5.74, 6) is -0.219. The van der Waals surface area contributed by atoms with Gasteiger partial charge >= 0.3 is 0 Å². The van der Waals surface area contributed by atoms with E-state index in [4.69, 9.17) is 18.9 Å². The number of carbonyl (C=O) groups is 1. The molecular weight excluding hydrogens is 1040 g/mol. The topological polar surface area (TPSA) is 228 Å². The highest BCUT2D eigenvalue weighted by atomic mass is 16.7. The first-order valence-electron chi connectivity index (χ1n) is 33.9. The van der Waals surface area contributed by atoms with Crippen LogP contribution in [0.2, 0.25) is 0 Å². The second kappa shape index (κ2) is 53.2. The zero-order valence-corrected chi connectivity index (χ0v) is 52.0. The average Bonchev–Trinajstić information content (AvgIpc) is 3.67. The first-order chi connectivity index (χ1) is 40.1. The van der Waals surface area contributed by atoms with Crippen LogP contribution in [0.4, 0.5) is 0 Å². The van der Waals surface area contributed by atoms with Crippen LogP contribution in [-0.2, 0) is 23.7 Å². The highest BCUT2D eigenvalue weighted by Crippen LogP contribution is 2.30. The summed E-state index contributed by atoms with van der Waals surface area (Å²) in [7, 11) is 0. The van der Waals surface area contributed by atoms with Crippen molar-refractivity contribution in [2.45, 2.75) is 357 Å². The predicted octanol–water partition coefficient (Wildman–Crippen LogP) is 13.1. The molecule has 1 amide bonds. The first-order valence-corrected chi connectivity index (χ1v) is 33.9. The lowest BCUT2D eigenvalue weighted by Crippen LogP contribution is -2.65. The Kier molecular flexibility index (Phi) is 49.3. The van der Waals surface area contributed by atoms with Crippen molar-refractivity contribution in [3.8, 4) is 0 Å². The largest absolute Gasteiger partial charge is 0.394 e. The van der Waals surface area contributed by atoms with Gasteiger partial charge in [-0.3, -0.25) is 4.79 Å². The van der Waals surface area contributed by atoms with Gasteiger partial charge in [-0.25, -0.2) is 0 Å². The van der Waals surface area contributed by atoms with Crippen molar-refractivity contribution in [3.63, 3.8) is 0 Å². The first kappa shape index (κ1) is 76.0. The molecule has 2 aliphatic heterocycles. The van der Waals surface area contributed by atoms with Crippen molar-refractivity contribution >= 4 is 5.91 Å². The van der Waals surface area contributed by atoms with Crippen LogP contribution < -0.4 is 5.32 Å². The molecule has 0 radical (unpaired) electrons.